The Morgan fingerprint density at radius 3 is 2.38 bits per heavy atom. The zero-order valence-corrected chi connectivity index (χ0v) is 23.1. The van der Waals surface area contributed by atoms with E-state index in [0.717, 1.165) is 64.3 Å². The largest absolute Gasteiger partial charge is 0.337 e. The molecule has 0 aliphatic carbocycles. The van der Waals surface area contributed by atoms with Gasteiger partial charge in [0.05, 0.1) is 4.90 Å². The molecule has 4 rings (SSSR count). The molecule has 39 heavy (non-hydrogen) atoms. The number of aryl methyl sites for hydroxylation is 3. The molecular weight excluding hydrogens is 512 g/mol. The van der Waals surface area contributed by atoms with E-state index >= 15 is 0 Å². The number of benzene rings is 2. The summed E-state index contributed by atoms with van der Waals surface area (Å²) in [4.78, 5) is 21.9. The van der Waals surface area contributed by atoms with Crippen LogP contribution in [0.25, 0.3) is 16.9 Å². The van der Waals surface area contributed by atoms with E-state index in [1.165, 1.54) is 12.1 Å². The minimum absolute atomic E-state index is 0.00111. The minimum Gasteiger partial charge on any atom is -0.337 e. The van der Waals surface area contributed by atoms with Crippen molar-refractivity contribution in [3.8, 4) is 5.69 Å². The van der Waals surface area contributed by atoms with Crippen LogP contribution in [0.3, 0.4) is 0 Å². The zero-order chi connectivity index (χ0) is 28.0. The van der Waals surface area contributed by atoms with E-state index < -0.39 is 16.1 Å². The van der Waals surface area contributed by atoms with E-state index in [-0.39, 0.29) is 11.4 Å². The molecule has 0 aliphatic rings. The second-order valence-corrected chi connectivity index (χ2v) is 11.1. The van der Waals surface area contributed by atoms with Crippen molar-refractivity contribution in [2.45, 2.75) is 51.0 Å². The minimum atomic E-state index is -3.97. The van der Waals surface area contributed by atoms with Gasteiger partial charge in [0.2, 0.25) is 0 Å². The second-order valence-electron chi connectivity index (χ2n) is 9.42. The molecule has 2 aromatic carbocycles. The van der Waals surface area contributed by atoms with Gasteiger partial charge >= 0.3 is 6.03 Å². The normalized spacial score (nSPS) is 11.5. The van der Waals surface area contributed by atoms with Crippen molar-refractivity contribution in [3.05, 3.63) is 95.5 Å². The van der Waals surface area contributed by atoms with Gasteiger partial charge in [0.1, 0.15) is 11.3 Å². The van der Waals surface area contributed by atoms with Crippen molar-refractivity contribution < 1.29 is 13.2 Å². The monoisotopic (exact) mass is 546 g/mol. The van der Waals surface area contributed by atoms with Crippen molar-refractivity contribution in [3.63, 3.8) is 0 Å². The maximum atomic E-state index is 12.5. The van der Waals surface area contributed by atoms with Gasteiger partial charge in [0.25, 0.3) is 10.0 Å². The Balaban J connectivity index is 1.42. The van der Waals surface area contributed by atoms with Gasteiger partial charge in [-0.15, -0.1) is 6.58 Å². The lowest BCUT2D eigenvalue weighted by molar-refractivity contribution is 0.246. The summed E-state index contributed by atoms with van der Waals surface area (Å²) in [6.45, 7) is 8.43. The number of urea groups is 1. The van der Waals surface area contributed by atoms with Crippen molar-refractivity contribution >= 4 is 27.2 Å². The van der Waals surface area contributed by atoms with E-state index in [4.69, 9.17) is 15.7 Å². The molecule has 0 fully saturated rings. The molecule has 4 N–H and O–H groups in total. The van der Waals surface area contributed by atoms with Gasteiger partial charge in [0, 0.05) is 30.9 Å². The number of aromatic nitrogens is 3. The summed E-state index contributed by atoms with van der Waals surface area (Å²) in [6, 6.07) is 15.4. The van der Waals surface area contributed by atoms with Gasteiger partial charge in [-0.2, -0.15) is 0 Å². The quantitative estimate of drug-likeness (QED) is 0.190. The highest BCUT2D eigenvalue weighted by atomic mass is 32.2. The topological polar surface area (TPSA) is 132 Å². The van der Waals surface area contributed by atoms with Gasteiger partial charge in [-0.25, -0.2) is 27.9 Å². The highest BCUT2D eigenvalue weighted by Crippen LogP contribution is 2.25. The number of nitrogens with two attached hydrogens (primary N) is 1. The Morgan fingerprint density at radius 2 is 1.72 bits per heavy atom. The van der Waals surface area contributed by atoms with Gasteiger partial charge in [-0.1, -0.05) is 30.3 Å². The molecule has 0 aliphatic heterocycles. The number of allylic oxidation sites excluding steroid dienone is 1. The average Bonchev–Trinajstić information content (AvgIpc) is 3.27. The van der Waals surface area contributed by atoms with Crippen molar-refractivity contribution in [1.29, 1.82) is 0 Å². The van der Waals surface area contributed by atoms with Crippen LogP contribution in [0.15, 0.2) is 72.1 Å². The molecular formula is C29H34N6O3S. The first-order valence-corrected chi connectivity index (χ1v) is 14.4. The van der Waals surface area contributed by atoms with Crippen LogP contribution in [0.2, 0.25) is 0 Å². The summed E-state index contributed by atoms with van der Waals surface area (Å²) in [6.07, 6.45) is 5.12. The molecule has 0 unspecified atom stereocenters. The third kappa shape index (κ3) is 6.71. The average molecular weight is 547 g/mol. The standard InChI is InChI=1S/C29H34N6O3S/c1-4-5-6-7-26-33-27-20(2)18-21(3)32-28(27)35(26)24-12-8-22(9-13-24)16-17-31-29(36)34-39(37,38)25-14-10-23(19-30)11-15-25/h4,8-15,18H,1,5-7,16-17,19,30H2,2-3H3,(H2,31,34,36). The van der Waals surface area contributed by atoms with Gasteiger partial charge in [-0.3, -0.25) is 4.57 Å². The number of carbonyl (C=O) groups is 1. The van der Waals surface area contributed by atoms with Crippen LogP contribution in [0, 0.1) is 13.8 Å². The number of fused-ring (bicyclic) bond motifs is 1. The lowest BCUT2D eigenvalue weighted by Crippen LogP contribution is -2.40. The highest BCUT2D eigenvalue weighted by molar-refractivity contribution is 7.90. The Bertz CT molecular complexity index is 1580. The van der Waals surface area contributed by atoms with E-state index in [0.29, 0.717) is 13.0 Å². The molecule has 2 heterocycles. The fourth-order valence-electron chi connectivity index (χ4n) is 4.40. The molecule has 0 spiro atoms. The van der Waals surface area contributed by atoms with Crippen LogP contribution in [0.1, 0.15) is 41.1 Å². The number of nitrogens with one attached hydrogen (secondary N) is 2. The fraction of sp³-hybridized carbons (Fsp3) is 0.276. The molecule has 0 radical (unpaired) electrons. The van der Waals surface area contributed by atoms with Crippen LogP contribution in [-0.4, -0.2) is 35.5 Å². The molecule has 10 heteroatoms. The molecule has 0 bridgehead atoms. The molecule has 0 saturated carbocycles. The highest BCUT2D eigenvalue weighted by Gasteiger charge is 2.18. The smallest absolute Gasteiger partial charge is 0.328 e. The number of amides is 2. The number of pyridine rings is 1. The van der Waals surface area contributed by atoms with Crippen LogP contribution in [0.4, 0.5) is 4.79 Å². The van der Waals surface area contributed by atoms with Crippen LogP contribution >= 0.6 is 0 Å². The first-order valence-electron chi connectivity index (χ1n) is 12.9. The maximum absolute atomic E-state index is 12.5. The maximum Gasteiger partial charge on any atom is 0.328 e. The van der Waals surface area contributed by atoms with Crippen LogP contribution in [-0.2, 0) is 29.4 Å². The molecule has 2 amide bonds. The van der Waals surface area contributed by atoms with Crippen LogP contribution in [0.5, 0.6) is 0 Å². The van der Waals surface area contributed by atoms with Gasteiger partial charge < -0.3 is 11.1 Å². The third-order valence-corrected chi connectivity index (χ3v) is 7.75. The van der Waals surface area contributed by atoms with Crippen molar-refractivity contribution in [2.75, 3.05) is 6.54 Å². The number of hydrogen-bond donors (Lipinski definition) is 3. The fourth-order valence-corrected chi connectivity index (χ4v) is 5.33. The molecule has 0 saturated heterocycles. The summed E-state index contributed by atoms with van der Waals surface area (Å²) >= 11 is 0. The summed E-state index contributed by atoms with van der Waals surface area (Å²) in [5.74, 6) is 0.956. The predicted molar refractivity (Wildman–Crippen MR) is 153 cm³/mol. The molecule has 4 aromatic rings. The van der Waals surface area contributed by atoms with E-state index in [1.54, 1.807) is 12.1 Å². The number of imidazole rings is 1. The Labute approximate surface area is 229 Å². The van der Waals surface area contributed by atoms with Crippen molar-refractivity contribution in [2.24, 2.45) is 5.73 Å². The molecule has 204 valence electrons. The SMILES string of the molecule is C=CCCCc1nc2c(C)cc(C)nc2n1-c1ccc(CCNC(=O)NS(=O)(=O)c2ccc(CN)cc2)cc1. The number of sulfonamides is 1. The first-order chi connectivity index (χ1) is 18.7. The summed E-state index contributed by atoms with van der Waals surface area (Å²) in [5, 5.41) is 2.61. The van der Waals surface area contributed by atoms with Crippen molar-refractivity contribution in [1.82, 2.24) is 24.6 Å². The molecule has 0 atom stereocenters. The summed E-state index contributed by atoms with van der Waals surface area (Å²) < 4.78 is 29.1. The number of carbonyl (C=O) groups excluding carboxylic acids is 1. The Hall–Kier alpha value is -4.02. The zero-order valence-electron chi connectivity index (χ0n) is 22.3. The lowest BCUT2D eigenvalue weighted by atomic mass is 10.1. The first kappa shape index (κ1) is 28.0. The lowest BCUT2D eigenvalue weighted by Gasteiger charge is -2.11. The van der Waals surface area contributed by atoms with Crippen LogP contribution < -0.4 is 15.8 Å². The van der Waals surface area contributed by atoms with E-state index in [1.807, 2.05) is 48.1 Å². The van der Waals surface area contributed by atoms with E-state index in [2.05, 4.69) is 23.4 Å². The summed E-state index contributed by atoms with van der Waals surface area (Å²) in [7, 11) is -3.97. The Morgan fingerprint density at radius 1 is 1.03 bits per heavy atom. The third-order valence-electron chi connectivity index (χ3n) is 6.40. The number of nitrogens with zero attached hydrogens (tertiary/aromatic N) is 3. The molecule has 2 aromatic heterocycles. The predicted octanol–water partition coefficient (Wildman–Crippen LogP) is 4.24. The van der Waals surface area contributed by atoms with Gasteiger partial charge in [-0.05, 0) is 80.1 Å². The second kappa shape index (κ2) is 12.2. The number of unbranched alkanes of at least 4 members (excludes halogenated alkanes) is 1. The number of hydrogen-bond acceptors (Lipinski definition) is 6. The molecule has 9 nitrogen and oxygen atoms in total. The Kier molecular flexibility index (Phi) is 8.78. The number of rotatable bonds is 11. The van der Waals surface area contributed by atoms with E-state index in [9.17, 15) is 13.2 Å². The van der Waals surface area contributed by atoms with Gasteiger partial charge in [0.15, 0.2) is 5.65 Å². The summed E-state index contributed by atoms with van der Waals surface area (Å²) in [5.41, 5.74) is 12.1.